The van der Waals surface area contributed by atoms with Crippen LogP contribution >= 0.6 is 0 Å². The number of hydrogen-bond acceptors (Lipinski definition) is 2. The first-order valence-electron chi connectivity index (χ1n) is 5.80. The maximum atomic E-state index is 11.6. The Bertz CT molecular complexity index is 232. The lowest BCUT2D eigenvalue weighted by molar-refractivity contribution is -0.129. The molecule has 1 aliphatic heterocycles. The summed E-state index contributed by atoms with van der Waals surface area (Å²) in [7, 11) is 0. The van der Waals surface area contributed by atoms with Crippen molar-refractivity contribution < 1.29 is 9.90 Å². The molecule has 0 aromatic heterocycles. The number of rotatable bonds is 3. The van der Waals surface area contributed by atoms with Crippen LogP contribution in [0.15, 0.2) is 0 Å². The van der Waals surface area contributed by atoms with Crippen LogP contribution in [0.1, 0.15) is 40.5 Å². The first-order chi connectivity index (χ1) is 6.84. The Morgan fingerprint density at radius 2 is 2.13 bits per heavy atom. The fourth-order valence-electron chi connectivity index (χ4n) is 1.79. The Balaban J connectivity index is 2.49. The van der Waals surface area contributed by atoms with Crippen molar-refractivity contribution in [3.05, 3.63) is 0 Å². The smallest absolute Gasteiger partial charge is 0.223 e. The van der Waals surface area contributed by atoms with E-state index < -0.39 is 6.10 Å². The van der Waals surface area contributed by atoms with Gasteiger partial charge in [-0.05, 0) is 11.3 Å². The van der Waals surface area contributed by atoms with E-state index in [-0.39, 0.29) is 11.3 Å². The number of likely N-dealkylation sites (tertiary alicyclic amines) is 1. The van der Waals surface area contributed by atoms with Gasteiger partial charge in [-0.25, -0.2) is 0 Å². The van der Waals surface area contributed by atoms with Crippen LogP contribution in [0, 0.1) is 11.3 Å². The highest BCUT2D eigenvalue weighted by Crippen LogP contribution is 2.25. The summed E-state index contributed by atoms with van der Waals surface area (Å²) < 4.78 is 0. The van der Waals surface area contributed by atoms with Crippen LogP contribution in [0.4, 0.5) is 0 Å². The summed E-state index contributed by atoms with van der Waals surface area (Å²) in [5.41, 5.74) is -0.148. The van der Waals surface area contributed by atoms with Crippen LogP contribution in [0.25, 0.3) is 0 Å². The molecular formula is C12H23NO2. The summed E-state index contributed by atoms with van der Waals surface area (Å²) in [6.07, 6.45) is 1.28. The first-order valence-corrected chi connectivity index (χ1v) is 5.80. The second kappa shape index (κ2) is 4.52. The minimum atomic E-state index is -0.433. The molecule has 15 heavy (non-hydrogen) atoms. The number of aliphatic hydroxyl groups excluding tert-OH is 1. The molecule has 1 fully saturated rings. The molecule has 0 radical (unpaired) electrons. The highest BCUT2D eigenvalue weighted by molar-refractivity contribution is 5.78. The van der Waals surface area contributed by atoms with Gasteiger partial charge < -0.3 is 10.0 Å². The average Bonchev–Trinajstić information content (AvgIpc) is 2.45. The Labute approximate surface area is 92.5 Å². The lowest BCUT2D eigenvalue weighted by Gasteiger charge is -2.29. The zero-order valence-corrected chi connectivity index (χ0v) is 10.3. The molecule has 0 aromatic carbocycles. The topological polar surface area (TPSA) is 40.5 Å². The van der Waals surface area contributed by atoms with Crippen molar-refractivity contribution in [3.8, 4) is 0 Å². The summed E-state index contributed by atoms with van der Waals surface area (Å²) in [5.74, 6) is 0.690. The Hall–Kier alpha value is -0.570. The molecule has 0 spiro atoms. The molecule has 0 aliphatic carbocycles. The molecule has 1 heterocycles. The number of β-amino-alcohol motifs (C(OH)–C–C–N with tert-alkyl or cyclic N) is 1. The van der Waals surface area contributed by atoms with Crippen LogP contribution in [0.5, 0.6) is 0 Å². The lowest BCUT2D eigenvalue weighted by atomic mass is 9.89. The van der Waals surface area contributed by atoms with Crippen molar-refractivity contribution in [1.29, 1.82) is 0 Å². The maximum absolute atomic E-state index is 11.6. The van der Waals surface area contributed by atoms with Crippen molar-refractivity contribution in [1.82, 2.24) is 4.90 Å². The fourth-order valence-corrected chi connectivity index (χ4v) is 1.79. The van der Waals surface area contributed by atoms with E-state index in [1.807, 2.05) is 25.7 Å². The van der Waals surface area contributed by atoms with Crippen LogP contribution < -0.4 is 0 Å². The third kappa shape index (κ3) is 3.20. The van der Waals surface area contributed by atoms with Crippen LogP contribution in [-0.4, -0.2) is 35.1 Å². The van der Waals surface area contributed by atoms with Crippen LogP contribution in [-0.2, 0) is 4.79 Å². The number of carbonyl (C=O) groups is 1. The van der Waals surface area contributed by atoms with E-state index >= 15 is 0 Å². The molecule has 0 saturated carbocycles. The van der Waals surface area contributed by atoms with E-state index in [1.54, 1.807) is 0 Å². The minimum Gasteiger partial charge on any atom is -0.391 e. The summed E-state index contributed by atoms with van der Waals surface area (Å²) in [6.45, 7) is 9.41. The second-order valence-corrected chi connectivity index (χ2v) is 5.66. The monoisotopic (exact) mass is 213 g/mol. The third-order valence-electron chi connectivity index (χ3n) is 3.26. The molecule has 1 amide bonds. The predicted octanol–water partition coefficient (Wildman–Crippen LogP) is 1.65. The van der Waals surface area contributed by atoms with Crippen molar-refractivity contribution >= 4 is 5.91 Å². The minimum absolute atomic E-state index is 0.148. The van der Waals surface area contributed by atoms with E-state index in [0.29, 0.717) is 18.9 Å². The van der Waals surface area contributed by atoms with Gasteiger partial charge in [0.2, 0.25) is 5.91 Å². The predicted molar refractivity (Wildman–Crippen MR) is 60.4 cm³/mol. The average molecular weight is 213 g/mol. The largest absolute Gasteiger partial charge is 0.391 e. The molecule has 88 valence electrons. The van der Waals surface area contributed by atoms with Crippen LogP contribution in [0.3, 0.4) is 0 Å². The van der Waals surface area contributed by atoms with E-state index in [9.17, 15) is 9.90 Å². The van der Waals surface area contributed by atoms with Gasteiger partial charge in [0.15, 0.2) is 0 Å². The number of amides is 1. The quantitative estimate of drug-likeness (QED) is 0.774. The number of hydrogen-bond donors (Lipinski definition) is 1. The second-order valence-electron chi connectivity index (χ2n) is 5.66. The molecule has 0 bridgehead atoms. The zero-order chi connectivity index (χ0) is 11.6. The number of carbonyl (C=O) groups excluding carboxylic acids is 1. The van der Waals surface area contributed by atoms with Crippen molar-refractivity contribution in [3.63, 3.8) is 0 Å². The van der Waals surface area contributed by atoms with E-state index in [4.69, 9.17) is 0 Å². The zero-order valence-electron chi connectivity index (χ0n) is 10.3. The molecule has 1 rings (SSSR count). The highest BCUT2D eigenvalue weighted by atomic mass is 16.3. The van der Waals surface area contributed by atoms with Gasteiger partial charge in [-0.3, -0.25) is 4.79 Å². The fraction of sp³-hybridized carbons (Fsp3) is 0.917. The SMILES string of the molecule is CCC1CC(=O)N(CC(O)C(C)(C)C)C1. The van der Waals surface area contributed by atoms with E-state index in [2.05, 4.69) is 6.92 Å². The maximum Gasteiger partial charge on any atom is 0.223 e. The van der Waals surface area contributed by atoms with Crippen molar-refractivity contribution in [2.75, 3.05) is 13.1 Å². The summed E-state index contributed by atoms with van der Waals surface area (Å²) in [4.78, 5) is 13.4. The summed E-state index contributed by atoms with van der Waals surface area (Å²) >= 11 is 0. The molecule has 0 aromatic rings. The number of nitrogens with zero attached hydrogens (tertiary/aromatic N) is 1. The standard InChI is InChI=1S/C12H23NO2/c1-5-9-6-11(15)13(7-9)8-10(14)12(2,3)4/h9-10,14H,5-8H2,1-4H3. The third-order valence-corrected chi connectivity index (χ3v) is 3.26. The Morgan fingerprint density at radius 1 is 1.53 bits per heavy atom. The molecule has 2 atom stereocenters. The van der Waals surface area contributed by atoms with Crippen molar-refractivity contribution in [2.45, 2.75) is 46.6 Å². The molecule has 1 saturated heterocycles. The molecule has 1 aliphatic rings. The van der Waals surface area contributed by atoms with Crippen molar-refractivity contribution in [2.24, 2.45) is 11.3 Å². The van der Waals surface area contributed by atoms with Gasteiger partial charge in [0, 0.05) is 19.5 Å². The van der Waals surface area contributed by atoms with Gasteiger partial charge in [-0.2, -0.15) is 0 Å². The van der Waals surface area contributed by atoms with E-state index in [1.165, 1.54) is 0 Å². The van der Waals surface area contributed by atoms with Gasteiger partial charge in [-0.15, -0.1) is 0 Å². The highest BCUT2D eigenvalue weighted by Gasteiger charge is 2.32. The summed E-state index contributed by atoms with van der Waals surface area (Å²) in [6, 6.07) is 0. The number of aliphatic hydroxyl groups is 1. The molecule has 2 unspecified atom stereocenters. The summed E-state index contributed by atoms with van der Waals surface area (Å²) in [5, 5.41) is 9.93. The molecule has 3 nitrogen and oxygen atoms in total. The van der Waals surface area contributed by atoms with Gasteiger partial charge in [0.05, 0.1) is 6.10 Å². The molecule has 1 N–H and O–H groups in total. The molecule has 3 heteroatoms. The van der Waals surface area contributed by atoms with E-state index in [0.717, 1.165) is 13.0 Å². The van der Waals surface area contributed by atoms with Gasteiger partial charge in [0.25, 0.3) is 0 Å². The Morgan fingerprint density at radius 3 is 2.53 bits per heavy atom. The van der Waals surface area contributed by atoms with Crippen LogP contribution in [0.2, 0.25) is 0 Å². The first kappa shape index (κ1) is 12.5. The lowest BCUT2D eigenvalue weighted by Crippen LogP contribution is -2.40. The van der Waals surface area contributed by atoms with Gasteiger partial charge in [0.1, 0.15) is 0 Å². The van der Waals surface area contributed by atoms with Gasteiger partial charge >= 0.3 is 0 Å². The van der Waals surface area contributed by atoms with Gasteiger partial charge in [-0.1, -0.05) is 34.1 Å². The molecular weight excluding hydrogens is 190 g/mol. The Kier molecular flexibility index (Phi) is 3.77. The normalized spacial score (nSPS) is 24.7.